The van der Waals surface area contributed by atoms with Gasteiger partial charge in [0, 0.05) is 0 Å². The van der Waals surface area contributed by atoms with Crippen LogP contribution in [0.1, 0.15) is 10.4 Å². The summed E-state index contributed by atoms with van der Waals surface area (Å²) in [6.07, 6.45) is 1.47. The number of hydrogen-bond donors (Lipinski definition) is 0. The molecule has 3 heteroatoms. The van der Waals surface area contributed by atoms with Gasteiger partial charge in [-0.15, -0.1) is 0 Å². The highest BCUT2D eigenvalue weighted by Crippen LogP contribution is 2.04. The van der Waals surface area contributed by atoms with Crippen LogP contribution in [-0.2, 0) is 4.74 Å². The molecule has 68 valence electrons. The molecular weight excluding hydrogens is 171 g/mol. The molecule has 0 aliphatic rings. The number of carbonyl (C=O) groups excluding carboxylic acids is 1. The summed E-state index contributed by atoms with van der Waals surface area (Å²) >= 11 is 0. The van der Waals surface area contributed by atoms with Crippen LogP contribution in [0.15, 0.2) is 36.9 Å². The maximum absolute atomic E-state index is 12.4. The Bertz CT molecular complexity index is 303. The first kappa shape index (κ1) is 9.45. The number of rotatable bonds is 3. The average molecular weight is 180 g/mol. The number of esters is 1. The summed E-state index contributed by atoms with van der Waals surface area (Å²) in [5, 5.41) is 0. The molecule has 0 N–H and O–H groups in total. The highest BCUT2D eigenvalue weighted by molar-refractivity contribution is 5.89. The summed E-state index contributed by atoms with van der Waals surface area (Å²) in [7, 11) is 0. The maximum atomic E-state index is 12.4. The minimum atomic E-state index is -0.472. The van der Waals surface area contributed by atoms with E-state index in [-0.39, 0.29) is 12.4 Å². The van der Waals surface area contributed by atoms with Crippen LogP contribution in [0.2, 0.25) is 0 Å². The third kappa shape index (κ3) is 2.71. The van der Waals surface area contributed by atoms with Gasteiger partial charge in [-0.25, -0.2) is 9.18 Å². The van der Waals surface area contributed by atoms with Crippen molar-refractivity contribution >= 4 is 5.97 Å². The molecule has 1 aromatic rings. The van der Waals surface area contributed by atoms with E-state index in [0.29, 0.717) is 5.56 Å². The van der Waals surface area contributed by atoms with Crippen molar-refractivity contribution in [1.29, 1.82) is 0 Å². The Morgan fingerprint density at radius 2 is 2.08 bits per heavy atom. The normalized spacial score (nSPS) is 9.31. The first-order valence-corrected chi connectivity index (χ1v) is 3.77. The summed E-state index contributed by atoms with van der Waals surface area (Å²) in [5.74, 6) is -0.847. The van der Waals surface area contributed by atoms with Crippen molar-refractivity contribution in [3.8, 4) is 0 Å². The van der Waals surface area contributed by atoms with E-state index in [4.69, 9.17) is 4.74 Å². The standard InChI is InChI=1S/C10H9FO2/c1-2-7-13-10(12)8-3-5-9(11)6-4-8/h2-6H,1,7H2. The second-order valence-corrected chi connectivity index (χ2v) is 2.39. The first-order chi connectivity index (χ1) is 6.24. The molecule has 1 rings (SSSR count). The van der Waals surface area contributed by atoms with Crippen LogP contribution in [0.4, 0.5) is 4.39 Å². The fraction of sp³-hybridized carbons (Fsp3) is 0.100. The van der Waals surface area contributed by atoms with Gasteiger partial charge in [-0.1, -0.05) is 12.7 Å². The van der Waals surface area contributed by atoms with Gasteiger partial charge in [0.1, 0.15) is 12.4 Å². The van der Waals surface area contributed by atoms with Crippen molar-refractivity contribution in [3.63, 3.8) is 0 Å². The van der Waals surface area contributed by atoms with Crippen LogP contribution in [0.3, 0.4) is 0 Å². The zero-order valence-corrected chi connectivity index (χ0v) is 7.00. The van der Waals surface area contributed by atoms with Crippen molar-refractivity contribution in [1.82, 2.24) is 0 Å². The van der Waals surface area contributed by atoms with E-state index in [2.05, 4.69) is 6.58 Å². The van der Waals surface area contributed by atoms with E-state index in [0.717, 1.165) is 0 Å². The quantitative estimate of drug-likeness (QED) is 0.526. The van der Waals surface area contributed by atoms with Crippen LogP contribution >= 0.6 is 0 Å². The monoisotopic (exact) mass is 180 g/mol. The Morgan fingerprint density at radius 3 is 2.62 bits per heavy atom. The smallest absolute Gasteiger partial charge is 0.338 e. The van der Waals surface area contributed by atoms with Crippen molar-refractivity contribution in [2.45, 2.75) is 0 Å². The largest absolute Gasteiger partial charge is 0.458 e. The van der Waals surface area contributed by atoms with Gasteiger partial charge in [-0.05, 0) is 24.3 Å². The molecule has 2 nitrogen and oxygen atoms in total. The Hall–Kier alpha value is -1.64. The zero-order chi connectivity index (χ0) is 9.68. The lowest BCUT2D eigenvalue weighted by molar-refractivity contribution is 0.0549. The second-order valence-electron chi connectivity index (χ2n) is 2.39. The molecule has 0 aromatic heterocycles. The molecule has 0 aliphatic heterocycles. The van der Waals surface area contributed by atoms with Gasteiger partial charge in [-0.3, -0.25) is 0 Å². The van der Waals surface area contributed by atoms with Gasteiger partial charge >= 0.3 is 5.97 Å². The zero-order valence-electron chi connectivity index (χ0n) is 7.00. The van der Waals surface area contributed by atoms with E-state index in [1.807, 2.05) is 0 Å². The van der Waals surface area contributed by atoms with E-state index >= 15 is 0 Å². The maximum Gasteiger partial charge on any atom is 0.338 e. The number of halogens is 1. The van der Waals surface area contributed by atoms with Crippen molar-refractivity contribution in [2.24, 2.45) is 0 Å². The lowest BCUT2D eigenvalue weighted by Crippen LogP contribution is -2.04. The predicted molar refractivity (Wildman–Crippen MR) is 46.9 cm³/mol. The fourth-order valence-corrected chi connectivity index (χ4v) is 0.804. The van der Waals surface area contributed by atoms with Gasteiger partial charge in [0.25, 0.3) is 0 Å². The first-order valence-electron chi connectivity index (χ1n) is 3.77. The Kier molecular flexibility index (Phi) is 3.20. The van der Waals surface area contributed by atoms with Crippen LogP contribution in [-0.4, -0.2) is 12.6 Å². The molecule has 0 saturated carbocycles. The molecule has 0 aliphatic carbocycles. The Labute approximate surface area is 75.6 Å². The minimum Gasteiger partial charge on any atom is -0.458 e. The van der Waals surface area contributed by atoms with Crippen molar-refractivity contribution in [3.05, 3.63) is 48.3 Å². The molecule has 0 radical (unpaired) electrons. The van der Waals surface area contributed by atoms with Gasteiger partial charge in [0.05, 0.1) is 5.56 Å². The lowest BCUT2D eigenvalue weighted by Gasteiger charge is -2.00. The van der Waals surface area contributed by atoms with Crippen molar-refractivity contribution in [2.75, 3.05) is 6.61 Å². The second kappa shape index (κ2) is 4.40. The molecule has 0 fully saturated rings. The summed E-state index contributed by atoms with van der Waals surface area (Å²) < 4.78 is 17.2. The highest BCUT2D eigenvalue weighted by atomic mass is 19.1. The fourth-order valence-electron chi connectivity index (χ4n) is 0.804. The summed E-state index contributed by atoms with van der Waals surface area (Å²) in [6.45, 7) is 3.57. The third-order valence-electron chi connectivity index (χ3n) is 1.41. The molecule has 0 saturated heterocycles. The van der Waals surface area contributed by atoms with E-state index in [1.54, 1.807) is 0 Å². The molecule has 0 atom stereocenters. The SMILES string of the molecule is C=CCOC(=O)c1ccc(F)cc1. The van der Waals surface area contributed by atoms with Crippen molar-refractivity contribution < 1.29 is 13.9 Å². The third-order valence-corrected chi connectivity index (χ3v) is 1.41. The van der Waals surface area contributed by atoms with Crippen LogP contribution in [0.25, 0.3) is 0 Å². The summed E-state index contributed by atoms with van der Waals surface area (Å²) in [5.41, 5.74) is 0.336. The Morgan fingerprint density at radius 1 is 1.46 bits per heavy atom. The number of carbonyl (C=O) groups is 1. The van der Waals surface area contributed by atoms with E-state index in [9.17, 15) is 9.18 Å². The minimum absolute atomic E-state index is 0.163. The van der Waals surface area contributed by atoms with Gasteiger partial charge < -0.3 is 4.74 Å². The van der Waals surface area contributed by atoms with Crippen LogP contribution in [0.5, 0.6) is 0 Å². The molecule has 0 bridgehead atoms. The molecule has 0 amide bonds. The molecular formula is C10H9FO2. The topological polar surface area (TPSA) is 26.3 Å². The number of hydrogen-bond acceptors (Lipinski definition) is 2. The van der Waals surface area contributed by atoms with E-state index < -0.39 is 5.97 Å². The molecule has 0 heterocycles. The molecule has 0 spiro atoms. The Balaban J connectivity index is 2.66. The number of benzene rings is 1. The van der Waals surface area contributed by atoms with Gasteiger partial charge in [0.2, 0.25) is 0 Å². The summed E-state index contributed by atoms with van der Waals surface area (Å²) in [4.78, 5) is 11.1. The molecule has 1 aromatic carbocycles. The van der Waals surface area contributed by atoms with E-state index in [1.165, 1.54) is 30.3 Å². The van der Waals surface area contributed by atoms with Gasteiger partial charge in [0.15, 0.2) is 0 Å². The molecule has 13 heavy (non-hydrogen) atoms. The molecule has 0 unspecified atom stereocenters. The predicted octanol–water partition coefficient (Wildman–Crippen LogP) is 2.17. The lowest BCUT2D eigenvalue weighted by atomic mass is 10.2. The average Bonchev–Trinajstić information content (AvgIpc) is 2.15. The van der Waals surface area contributed by atoms with Crippen LogP contribution in [0, 0.1) is 5.82 Å². The number of ether oxygens (including phenoxy) is 1. The van der Waals surface area contributed by atoms with Crippen LogP contribution < -0.4 is 0 Å². The van der Waals surface area contributed by atoms with Gasteiger partial charge in [-0.2, -0.15) is 0 Å². The highest BCUT2D eigenvalue weighted by Gasteiger charge is 2.04. The summed E-state index contributed by atoms with van der Waals surface area (Å²) in [6, 6.07) is 5.18.